The van der Waals surface area contributed by atoms with Crippen molar-refractivity contribution in [2.24, 2.45) is 7.05 Å². The Hall–Kier alpha value is -2.14. The van der Waals surface area contributed by atoms with Gasteiger partial charge in [-0.1, -0.05) is 18.2 Å². The number of hydrogen-bond acceptors (Lipinski definition) is 3. The summed E-state index contributed by atoms with van der Waals surface area (Å²) in [6, 6.07) is 6.53. The van der Waals surface area contributed by atoms with Crippen LogP contribution >= 0.6 is 0 Å². The van der Waals surface area contributed by atoms with Crippen LogP contribution < -0.4 is 10.6 Å². The highest BCUT2D eigenvalue weighted by Crippen LogP contribution is 2.45. The van der Waals surface area contributed by atoms with Crippen molar-refractivity contribution < 1.29 is 4.79 Å². The number of nitrogens with one attached hydrogen (secondary N) is 2. The van der Waals surface area contributed by atoms with Crippen LogP contribution in [0.15, 0.2) is 30.6 Å². The zero-order valence-corrected chi connectivity index (χ0v) is 15.2. The van der Waals surface area contributed by atoms with Gasteiger partial charge in [-0.25, -0.2) is 0 Å². The number of hydrogen-bond donors (Lipinski definition) is 2. The van der Waals surface area contributed by atoms with Gasteiger partial charge in [0.15, 0.2) is 0 Å². The van der Waals surface area contributed by atoms with Crippen LogP contribution in [0, 0.1) is 13.8 Å². The third kappa shape index (κ3) is 2.76. The lowest BCUT2D eigenvalue weighted by Crippen LogP contribution is -2.50. The fourth-order valence-corrected chi connectivity index (χ4v) is 4.71. The number of fused-ring (bicyclic) bond motifs is 2. The topological polar surface area (TPSA) is 59.0 Å². The van der Waals surface area contributed by atoms with E-state index in [1.54, 1.807) is 0 Å². The lowest BCUT2D eigenvalue weighted by molar-refractivity contribution is 0.0906. The second-order valence-electron chi connectivity index (χ2n) is 7.70. The maximum absolute atomic E-state index is 13.1. The summed E-state index contributed by atoms with van der Waals surface area (Å²) in [6.07, 6.45) is 8.50. The molecule has 0 saturated carbocycles. The number of rotatable bonds is 4. The van der Waals surface area contributed by atoms with E-state index in [-0.39, 0.29) is 17.5 Å². The van der Waals surface area contributed by atoms with Gasteiger partial charge in [-0.3, -0.25) is 9.48 Å². The summed E-state index contributed by atoms with van der Waals surface area (Å²) in [4.78, 5) is 13.1. The van der Waals surface area contributed by atoms with Crippen LogP contribution in [0.1, 0.15) is 58.8 Å². The second-order valence-corrected chi connectivity index (χ2v) is 7.70. The van der Waals surface area contributed by atoms with Crippen molar-refractivity contribution in [3.8, 4) is 0 Å². The highest BCUT2D eigenvalue weighted by atomic mass is 16.1. The Balaban J connectivity index is 1.68. The maximum atomic E-state index is 13.1. The highest BCUT2D eigenvalue weighted by Gasteiger charge is 2.50. The van der Waals surface area contributed by atoms with Gasteiger partial charge in [-0.2, -0.15) is 5.10 Å². The molecule has 5 heteroatoms. The Morgan fingerprint density at radius 1 is 1.32 bits per heavy atom. The van der Waals surface area contributed by atoms with Gasteiger partial charge >= 0.3 is 0 Å². The van der Waals surface area contributed by atoms with Crippen molar-refractivity contribution in [1.82, 2.24) is 20.4 Å². The molecule has 0 aliphatic carbocycles. The molecule has 132 valence electrons. The zero-order valence-electron chi connectivity index (χ0n) is 15.2. The van der Waals surface area contributed by atoms with Crippen LogP contribution in [0.3, 0.4) is 0 Å². The van der Waals surface area contributed by atoms with Gasteiger partial charge in [0.05, 0.1) is 12.2 Å². The number of benzene rings is 1. The van der Waals surface area contributed by atoms with Crippen LogP contribution in [0.5, 0.6) is 0 Å². The summed E-state index contributed by atoms with van der Waals surface area (Å²) >= 11 is 0. The van der Waals surface area contributed by atoms with Crippen LogP contribution in [0.4, 0.5) is 0 Å². The predicted octanol–water partition coefficient (Wildman–Crippen LogP) is 2.79. The van der Waals surface area contributed by atoms with Crippen LogP contribution in [-0.4, -0.2) is 27.3 Å². The first-order chi connectivity index (χ1) is 12.0. The molecule has 1 aromatic carbocycles. The largest absolute Gasteiger partial charge is 0.343 e. The molecule has 2 fully saturated rings. The molecular formula is C20H26N4O. The molecule has 1 unspecified atom stereocenters. The Kier molecular flexibility index (Phi) is 3.91. The summed E-state index contributed by atoms with van der Waals surface area (Å²) in [6.45, 7) is 4.00. The van der Waals surface area contributed by atoms with E-state index < -0.39 is 0 Å². The SMILES string of the molecule is Cc1cccc(C)c1C(=O)NC(c1cnn(C)c1)C12CCC(CC1)N2. The first-order valence-electron chi connectivity index (χ1n) is 9.12. The molecule has 0 radical (unpaired) electrons. The molecule has 1 aromatic heterocycles. The van der Waals surface area contributed by atoms with Gasteiger partial charge < -0.3 is 10.6 Å². The minimum atomic E-state index is -0.0554. The lowest BCUT2D eigenvalue weighted by Gasteiger charge is -2.36. The van der Waals surface area contributed by atoms with Crippen molar-refractivity contribution in [3.63, 3.8) is 0 Å². The molecule has 2 saturated heterocycles. The molecule has 0 spiro atoms. The molecule has 2 aliphatic heterocycles. The number of aromatic nitrogens is 2. The minimum Gasteiger partial charge on any atom is -0.343 e. The van der Waals surface area contributed by atoms with Gasteiger partial charge in [0.1, 0.15) is 0 Å². The minimum absolute atomic E-state index is 0.0102. The Morgan fingerprint density at radius 3 is 2.52 bits per heavy atom. The van der Waals surface area contributed by atoms with Gasteiger partial charge in [0.25, 0.3) is 5.91 Å². The summed E-state index contributed by atoms with van der Waals surface area (Å²) in [5, 5.41) is 11.5. The molecule has 1 amide bonds. The lowest BCUT2D eigenvalue weighted by atomic mass is 9.79. The Bertz CT molecular complexity index is 782. The van der Waals surface area contributed by atoms with Crippen molar-refractivity contribution >= 4 is 5.91 Å². The molecule has 2 aliphatic rings. The molecular weight excluding hydrogens is 312 g/mol. The van der Waals surface area contributed by atoms with E-state index in [0.717, 1.165) is 35.1 Å². The van der Waals surface area contributed by atoms with Crippen LogP contribution in [-0.2, 0) is 7.05 Å². The summed E-state index contributed by atoms with van der Waals surface area (Å²) in [7, 11) is 1.92. The van der Waals surface area contributed by atoms with Gasteiger partial charge in [0, 0.05) is 36.0 Å². The predicted molar refractivity (Wildman–Crippen MR) is 97.5 cm³/mol. The number of carbonyl (C=O) groups is 1. The van der Waals surface area contributed by atoms with E-state index in [0.29, 0.717) is 6.04 Å². The summed E-state index contributed by atoms with van der Waals surface area (Å²) in [5.41, 5.74) is 3.87. The molecule has 5 nitrogen and oxygen atoms in total. The average Bonchev–Trinajstić information content (AvgIpc) is 3.28. The molecule has 25 heavy (non-hydrogen) atoms. The molecule has 2 N–H and O–H groups in total. The first kappa shape index (κ1) is 16.3. The zero-order chi connectivity index (χ0) is 17.6. The van der Waals surface area contributed by atoms with Gasteiger partial charge in [-0.05, 0) is 50.7 Å². The Labute approximate surface area is 148 Å². The number of amides is 1. The van der Waals surface area contributed by atoms with E-state index in [2.05, 4.69) is 15.7 Å². The van der Waals surface area contributed by atoms with E-state index in [9.17, 15) is 4.79 Å². The van der Waals surface area contributed by atoms with Gasteiger partial charge in [0.2, 0.25) is 0 Å². The van der Waals surface area contributed by atoms with Crippen LogP contribution in [0.2, 0.25) is 0 Å². The van der Waals surface area contributed by atoms with Crippen molar-refractivity contribution in [2.75, 3.05) is 0 Å². The fourth-order valence-electron chi connectivity index (χ4n) is 4.71. The number of nitrogens with zero attached hydrogens (tertiary/aromatic N) is 2. The second kappa shape index (κ2) is 5.99. The summed E-state index contributed by atoms with van der Waals surface area (Å²) < 4.78 is 1.81. The quantitative estimate of drug-likeness (QED) is 0.901. The monoisotopic (exact) mass is 338 g/mol. The smallest absolute Gasteiger partial charge is 0.252 e. The van der Waals surface area contributed by atoms with E-state index >= 15 is 0 Å². The third-order valence-electron chi connectivity index (χ3n) is 5.96. The highest BCUT2D eigenvalue weighted by molar-refractivity contribution is 5.97. The van der Waals surface area contributed by atoms with E-state index in [1.807, 2.05) is 56.2 Å². The van der Waals surface area contributed by atoms with E-state index in [1.165, 1.54) is 12.8 Å². The maximum Gasteiger partial charge on any atom is 0.252 e. The van der Waals surface area contributed by atoms with Crippen molar-refractivity contribution in [2.45, 2.75) is 57.2 Å². The number of aryl methyl sites for hydroxylation is 3. The third-order valence-corrected chi connectivity index (χ3v) is 5.96. The van der Waals surface area contributed by atoms with Crippen molar-refractivity contribution in [1.29, 1.82) is 0 Å². The molecule has 2 bridgehead atoms. The fraction of sp³-hybridized carbons (Fsp3) is 0.500. The first-order valence-corrected chi connectivity index (χ1v) is 9.12. The standard InChI is InChI=1S/C20H26N4O/c1-13-5-4-6-14(2)17(13)19(25)22-18(15-11-21-24(3)12-15)20-9-7-16(23-20)8-10-20/h4-6,11-12,16,18,23H,7-10H2,1-3H3,(H,22,25). The van der Waals surface area contributed by atoms with Crippen LogP contribution in [0.25, 0.3) is 0 Å². The van der Waals surface area contributed by atoms with E-state index in [4.69, 9.17) is 0 Å². The molecule has 2 aromatic rings. The Morgan fingerprint density at radius 2 is 2.00 bits per heavy atom. The summed E-state index contributed by atoms with van der Waals surface area (Å²) in [5.74, 6) is 0.0102. The molecule has 4 rings (SSSR count). The van der Waals surface area contributed by atoms with Gasteiger partial charge in [-0.15, -0.1) is 0 Å². The number of carbonyl (C=O) groups excluding carboxylic acids is 1. The van der Waals surface area contributed by atoms with Crippen molar-refractivity contribution in [3.05, 3.63) is 52.8 Å². The normalized spacial score (nSPS) is 26.0. The molecule has 1 atom stereocenters. The molecule has 3 heterocycles. The average molecular weight is 338 g/mol.